The van der Waals surface area contributed by atoms with Gasteiger partial charge in [0.05, 0.1) is 35.4 Å². The van der Waals surface area contributed by atoms with E-state index in [0.717, 1.165) is 11.0 Å². The summed E-state index contributed by atoms with van der Waals surface area (Å²) < 4.78 is 5.13. The molecule has 10 nitrogen and oxygen atoms in total. The number of carboxylic acids is 1. The summed E-state index contributed by atoms with van der Waals surface area (Å²) in [6.07, 6.45) is 0.499. The van der Waals surface area contributed by atoms with Crippen molar-refractivity contribution in [3.63, 3.8) is 0 Å². The van der Waals surface area contributed by atoms with Gasteiger partial charge in [0.1, 0.15) is 0 Å². The van der Waals surface area contributed by atoms with Crippen LogP contribution in [0.15, 0.2) is 51.1 Å². The first kappa shape index (κ1) is 25.0. The van der Waals surface area contributed by atoms with E-state index >= 15 is 0 Å². The summed E-state index contributed by atoms with van der Waals surface area (Å²) in [5.41, 5.74) is 1.29. The molecule has 3 aromatic rings. The molecule has 0 fully saturated rings. The third-order valence-electron chi connectivity index (χ3n) is 5.60. The van der Waals surface area contributed by atoms with Crippen LogP contribution >= 0.6 is 0 Å². The molecule has 11 heteroatoms. The van der Waals surface area contributed by atoms with Crippen molar-refractivity contribution < 1.29 is 41.3 Å². The molecule has 0 aliphatic carbocycles. The van der Waals surface area contributed by atoms with Crippen LogP contribution in [0.4, 0.5) is 5.69 Å². The predicted octanol–water partition coefficient (Wildman–Crippen LogP) is -0.254. The van der Waals surface area contributed by atoms with E-state index in [9.17, 15) is 29.1 Å². The van der Waals surface area contributed by atoms with Gasteiger partial charge in [0.2, 0.25) is 10.9 Å². The van der Waals surface area contributed by atoms with Crippen molar-refractivity contribution in [1.82, 2.24) is 4.90 Å². The first-order valence-electron chi connectivity index (χ1n) is 10.1. The Hall–Kier alpha value is -3.66. The van der Waals surface area contributed by atoms with Gasteiger partial charge in [-0.2, -0.15) is 5.10 Å². The van der Waals surface area contributed by atoms with Crippen LogP contribution in [0.2, 0.25) is 0 Å². The standard InChI is InChI=1S/C23H19N3O7.Cu/c1-3-12(10-33-2)26-21(29)14-5-4-6-16(17(14)22(26)30)24-25-18-19(27)13-8-7-11(23(31)32)9-15(13)20(18)28;/h4-9,12,24H,3,10H2,1-2H3,(H,31,32);/q;+2/p-1. The largest absolute Gasteiger partial charge is 2.00 e. The second kappa shape index (κ2) is 9.68. The number of benzene rings is 2. The van der Waals surface area contributed by atoms with Crippen molar-refractivity contribution in [3.05, 3.63) is 78.9 Å². The fraction of sp³-hybridized carbons (Fsp3) is 0.217. The zero-order valence-electron chi connectivity index (χ0n) is 18.0. The van der Waals surface area contributed by atoms with E-state index in [2.05, 4.69) is 10.5 Å². The molecule has 1 aliphatic rings. The molecule has 0 spiro atoms. The van der Waals surface area contributed by atoms with Gasteiger partial charge in [0, 0.05) is 17.9 Å². The van der Waals surface area contributed by atoms with Gasteiger partial charge in [-0.25, -0.2) is 0 Å². The molecule has 1 atom stereocenters. The molecule has 4 rings (SSSR count). The number of rotatable bonds is 7. The van der Waals surface area contributed by atoms with Crippen LogP contribution < -0.4 is 26.7 Å². The van der Waals surface area contributed by atoms with Gasteiger partial charge in [0.15, 0.2) is 5.36 Å². The molecule has 0 saturated heterocycles. The quantitative estimate of drug-likeness (QED) is 0.259. The number of aromatic carboxylic acids is 1. The van der Waals surface area contributed by atoms with Gasteiger partial charge < -0.3 is 14.6 Å². The van der Waals surface area contributed by atoms with Gasteiger partial charge >= 0.3 is 17.1 Å². The Bertz CT molecular complexity index is 1470. The maximum Gasteiger partial charge on any atom is 2.00 e. The number of hydrogen-bond donors (Lipinski definition) is 1. The molecule has 0 aromatic heterocycles. The Morgan fingerprint density at radius 1 is 1.09 bits per heavy atom. The summed E-state index contributed by atoms with van der Waals surface area (Å²) in [5, 5.41) is 14.4. The fourth-order valence-corrected chi connectivity index (χ4v) is 3.93. The van der Waals surface area contributed by atoms with Gasteiger partial charge in [-0.15, -0.1) is 0 Å². The van der Waals surface area contributed by atoms with E-state index in [1.807, 2.05) is 6.92 Å². The van der Waals surface area contributed by atoms with Crippen molar-refractivity contribution in [2.24, 2.45) is 5.10 Å². The van der Waals surface area contributed by atoms with Gasteiger partial charge in [-0.3, -0.25) is 29.5 Å². The van der Waals surface area contributed by atoms with E-state index in [1.54, 1.807) is 6.07 Å². The first-order chi connectivity index (χ1) is 15.8. The minimum atomic E-state index is -1.48. The monoisotopic (exact) mass is 511 g/mol. The number of methoxy groups -OCH3 is 1. The summed E-state index contributed by atoms with van der Waals surface area (Å²) in [6.45, 7) is 2.02. The van der Waals surface area contributed by atoms with Crippen molar-refractivity contribution in [1.29, 1.82) is 0 Å². The Kier molecular flexibility index (Phi) is 7.11. The molecular formula is C23H18CuN3O7+. The molecule has 1 heterocycles. The van der Waals surface area contributed by atoms with Crippen LogP contribution in [0.1, 0.15) is 44.4 Å². The molecular weight excluding hydrogens is 494 g/mol. The first-order valence-corrected chi connectivity index (χ1v) is 10.1. The second-order valence-electron chi connectivity index (χ2n) is 7.50. The Balaban J connectivity index is 0.00000324. The van der Waals surface area contributed by atoms with Gasteiger partial charge in [-0.05, 0) is 36.2 Å². The molecule has 1 unspecified atom stereocenters. The van der Waals surface area contributed by atoms with Crippen molar-refractivity contribution in [3.8, 4) is 0 Å². The topological polar surface area (TPSA) is 145 Å². The minimum absolute atomic E-state index is 0. The Morgan fingerprint density at radius 3 is 2.44 bits per heavy atom. The number of imide groups is 1. The maximum atomic E-state index is 13.1. The van der Waals surface area contributed by atoms with Gasteiger partial charge in [0.25, 0.3) is 11.8 Å². The van der Waals surface area contributed by atoms with Crippen LogP contribution in [0.5, 0.6) is 0 Å². The van der Waals surface area contributed by atoms with Gasteiger partial charge in [-0.1, -0.05) is 19.1 Å². The van der Waals surface area contributed by atoms with E-state index in [-0.39, 0.29) is 56.8 Å². The molecule has 2 amide bonds. The zero-order chi connectivity index (χ0) is 23.9. The van der Waals surface area contributed by atoms with Crippen molar-refractivity contribution in [2.75, 3.05) is 19.1 Å². The molecule has 3 aromatic carbocycles. The van der Waals surface area contributed by atoms with E-state index in [1.165, 1.54) is 31.4 Å². The number of nitrogens with one attached hydrogen (secondary N) is 1. The molecule has 1 radical (unpaired) electrons. The number of ether oxygens (including phenoxy) is 1. The van der Waals surface area contributed by atoms with E-state index in [4.69, 9.17) is 4.74 Å². The van der Waals surface area contributed by atoms with Crippen LogP contribution in [-0.4, -0.2) is 42.4 Å². The average molecular weight is 512 g/mol. The summed E-state index contributed by atoms with van der Waals surface area (Å²) in [5.74, 6) is -2.48. The third-order valence-corrected chi connectivity index (χ3v) is 5.60. The maximum absolute atomic E-state index is 13.1. The Morgan fingerprint density at radius 2 is 1.79 bits per heavy atom. The number of fused-ring (bicyclic) bond motifs is 2. The average Bonchev–Trinajstić information content (AvgIpc) is 3.20. The van der Waals surface area contributed by atoms with Crippen molar-refractivity contribution in [2.45, 2.75) is 19.4 Å². The zero-order valence-corrected chi connectivity index (χ0v) is 19.0. The van der Waals surface area contributed by atoms with Crippen LogP contribution in [-0.2, 0) is 21.8 Å². The number of amides is 2. The minimum Gasteiger partial charge on any atom is -0.545 e. The predicted molar refractivity (Wildman–Crippen MR) is 115 cm³/mol. The normalized spacial score (nSPS) is 14.3. The van der Waals surface area contributed by atoms with E-state index in [0.29, 0.717) is 6.42 Å². The molecule has 0 saturated carbocycles. The van der Waals surface area contributed by atoms with Crippen molar-refractivity contribution >= 4 is 34.2 Å². The van der Waals surface area contributed by atoms with Crippen LogP contribution in [0, 0.1) is 0 Å². The molecule has 34 heavy (non-hydrogen) atoms. The third kappa shape index (κ3) is 3.94. The number of carbonyl (C=O) groups is 3. The number of carbonyl (C=O) groups excluding carboxylic acids is 3. The molecule has 0 bridgehead atoms. The Labute approximate surface area is 203 Å². The smallest absolute Gasteiger partial charge is 0.545 e. The van der Waals surface area contributed by atoms with Crippen LogP contribution in [0.3, 0.4) is 0 Å². The second-order valence-corrected chi connectivity index (χ2v) is 7.50. The number of hydrogen-bond acceptors (Lipinski definition) is 9. The van der Waals surface area contributed by atoms with Crippen LogP contribution in [0.25, 0.3) is 10.8 Å². The number of nitrogens with zero attached hydrogens (tertiary/aromatic N) is 2. The number of carboxylic acid groups (broad SMARTS) is 1. The summed E-state index contributed by atoms with van der Waals surface area (Å²) >= 11 is 0. The van der Waals surface area contributed by atoms with E-state index < -0.39 is 40.0 Å². The molecule has 1 aliphatic heterocycles. The summed E-state index contributed by atoms with van der Waals surface area (Å²) in [7, 11) is 1.48. The summed E-state index contributed by atoms with van der Waals surface area (Å²) in [6, 6.07) is 7.57. The SMILES string of the molecule is CCC(COC)N1C(=O)c2cccc(NN=c3c(=O)c4ccc(C(=O)[O-])cc4c3=O)c2C1=O.[Cu+2]. The molecule has 1 N–H and O–H groups in total. The number of anilines is 1. The fourth-order valence-electron chi connectivity index (χ4n) is 3.93. The summed E-state index contributed by atoms with van der Waals surface area (Å²) in [4.78, 5) is 63.4. The molecule has 177 valence electrons.